The fraction of sp³-hybridized carbons (Fsp3) is 0.259. The number of rotatable bonds is 4. The predicted octanol–water partition coefficient (Wildman–Crippen LogP) is 5.56. The Bertz CT molecular complexity index is 1080. The highest BCUT2D eigenvalue weighted by atomic mass is 16.5. The van der Waals surface area contributed by atoms with Crippen LogP contribution in [0, 0.1) is 6.92 Å². The first-order valence-electron chi connectivity index (χ1n) is 10.7. The molecule has 0 aromatic heterocycles. The number of nitrogens with zero attached hydrogens (tertiary/aromatic N) is 1. The van der Waals surface area contributed by atoms with Gasteiger partial charge >= 0.3 is 5.97 Å². The molecule has 1 aliphatic rings. The van der Waals surface area contributed by atoms with Gasteiger partial charge in [0.2, 0.25) is 6.10 Å². The summed E-state index contributed by atoms with van der Waals surface area (Å²) in [6.45, 7) is 5.47. The second-order valence-corrected chi connectivity index (χ2v) is 8.22. The van der Waals surface area contributed by atoms with E-state index in [-0.39, 0.29) is 17.9 Å². The summed E-state index contributed by atoms with van der Waals surface area (Å²) >= 11 is 0. The van der Waals surface area contributed by atoms with Gasteiger partial charge in [-0.2, -0.15) is 0 Å². The lowest BCUT2D eigenvalue weighted by atomic mass is 9.80. The quantitative estimate of drug-likeness (QED) is 0.526. The minimum Gasteiger partial charge on any atom is -0.447 e. The number of aryl methyl sites for hydroxylation is 1. The van der Waals surface area contributed by atoms with E-state index in [0.29, 0.717) is 5.56 Å². The molecule has 1 heterocycles. The molecule has 4 nitrogen and oxygen atoms in total. The third-order valence-corrected chi connectivity index (χ3v) is 5.89. The molecule has 0 saturated heterocycles. The van der Waals surface area contributed by atoms with E-state index < -0.39 is 12.1 Å². The van der Waals surface area contributed by atoms with Crippen molar-refractivity contribution in [2.24, 2.45) is 0 Å². The van der Waals surface area contributed by atoms with E-state index >= 15 is 0 Å². The first-order valence-corrected chi connectivity index (χ1v) is 10.7. The SMILES string of the molecule is CC(=O)O[C@@H](C(=O)N1c2ccc(C)cc2[C@@H](c2ccccc2)C[C@H]1C)c1ccccc1. The second kappa shape index (κ2) is 8.76. The van der Waals surface area contributed by atoms with Gasteiger partial charge in [0.1, 0.15) is 0 Å². The Kier molecular flexibility index (Phi) is 5.90. The largest absolute Gasteiger partial charge is 0.447 e. The van der Waals surface area contributed by atoms with E-state index in [1.807, 2.05) is 53.4 Å². The Morgan fingerprint density at radius 3 is 2.26 bits per heavy atom. The van der Waals surface area contributed by atoms with Crippen molar-refractivity contribution in [2.45, 2.75) is 45.3 Å². The maximum atomic E-state index is 13.8. The summed E-state index contributed by atoms with van der Waals surface area (Å²) in [6.07, 6.45) is -0.170. The zero-order valence-electron chi connectivity index (χ0n) is 18.1. The monoisotopic (exact) mass is 413 g/mol. The summed E-state index contributed by atoms with van der Waals surface area (Å²) < 4.78 is 5.52. The molecule has 3 aromatic carbocycles. The number of hydrogen-bond donors (Lipinski definition) is 0. The van der Waals surface area contributed by atoms with Gasteiger partial charge in [-0.1, -0.05) is 78.4 Å². The lowest BCUT2D eigenvalue weighted by Crippen LogP contribution is -2.46. The molecule has 0 radical (unpaired) electrons. The lowest BCUT2D eigenvalue weighted by molar-refractivity contribution is -0.153. The van der Waals surface area contributed by atoms with Crippen molar-refractivity contribution in [3.05, 3.63) is 101 Å². The lowest BCUT2D eigenvalue weighted by Gasteiger charge is -2.41. The number of esters is 1. The van der Waals surface area contributed by atoms with Gasteiger partial charge in [0.15, 0.2) is 0 Å². The molecule has 0 spiro atoms. The van der Waals surface area contributed by atoms with E-state index in [4.69, 9.17) is 4.74 Å². The highest BCUT2D eigenvalue weighted by Gasteiger charge is 2.38. The van der Waals surface area contributed by atoms with Crippen LogP contribution in [0.25, 0.3) is 0 Å². The van der Waals surface area contributed by atoms with Crippen LogP contribution in [0.1, 0.15) is 54.5 Å². The van der Waals surface area contributed by atoms with Crippen LogP contribution in [-0.4, -0.2) is 17.9 Å². The van der Waals surface area contributed by atoms with Gasteiger partial charge < -0.3 is 9.64 Å². The molecule has 0 bridgehead atoms. The molecule has 158 valence electrons. The van der Waals surface area contributed by atoms with Gasteiger partial charge in [0.25, 0.3) is 5.91 Å². The molecule has 3 atom stereocenters. The van der Waals surface area contributed by atoms with Crippen molar-refractivity contribution < 1.29 is 14.3 Å². The minimum atomic E-state index is -0.969. The number of amides is 1. The molecule has 4 heteroatoms. The smallest absolute Gasteiger partial charge is 0.303 e. The molecule has 0 fully saturated rings. The van der Waals surface area contributed by atoms with E-state index in [2.05, 4.69) is 44.2 Å². The van der Waals surface area contributed by atoms with Crippen LogP contribution in [0.2, 0.25) is 0 Å². The Balaban J connectivity index is 1.78. The average Bonchev–Trinajstić information content (AvgIpc) is 2.78. The molecule has 3 aromatic rings. The minimum absolute atomic E-state index is 0.0466. The van der Waals surface area contributed by atoms with Crippen molar-refractivity contribution in [1.29, 1.82) is 0 Å². The van der Waals surface area contributed by atoms with Crippen LogP contribution in [0.4, 0.5) is 5.69 Å². The third-order valence-electron chi connectivity index (χ3n) is 5.89. The van der Waals surface area contributed by atoms with E-state index in [1.54, 1.807) is 0 Å². The van der Waals surface area contributed by atoms with Crippen molar-refractivity contribution in [3.63, 3.8) is 0 Å². The summed E-state index contributed by atoms with van der Waals surface area (Å²) in [4.78, 5) is 27.4. The zero-order valence-corrected chi connectivity index (χ0v) is 18.1. The highest BCUT2D eigenvalue weighted by molar-refractivity contribution is 6.00. The van der Waals surface area contributed by atoms with Gasteiger partial charge in [0, 0.05) is 30.1 Å². The fourth-order valence-corrected chi connectivity index (χ4v) is 4.50. The van der Waals surface area contributed by atoms with Crippen LogP contribution < -0.4 is 4.90 Å². The van der Waals surface area contributed by atoms with Crippen LogP contribution >= 0.6 is 0 Å². The summed E-state index contributed by atoms with van der Waals surface area (Å²) in [5.74, 6) is -0.484. The topological polar surface area (TPSA) is 46.6 Å². The molecule has 0 saturated carbocycles. The number of anilines is 1. The molecule has 4 rings (SSSR count). The van der Waals surface area contributed by atoms with Crippen LogP contribution in [-0.2, 0) is 14.3 Å². The third kappa shape index (κ3) is 4.24. The van der Waals surface area contributed by atoms with Gasteiger partial charge in [0.05, 0.1) is 0 Å². The van der Waals surface area contributed by atoms with E-state index in [9.17, 15) is 9.59 Å². The summed E-state index contributed by atoms with van der Waals surface area (Å²) in [7, 11) is 0. The molecule has 1 aliphatic heterocycles. The number of benzene rings is 3. The molecule has 0 unspecified atom stereocenters. The highest BCUT2D eigenvalue weighted by Crippen LogP contribution is 2.43. The molecular formula is C27H27NO3. The zero-order chi connectivity index (χ0) is 22.0. The van der Waals surface area contributed by atoms with E-state index in [1.165, 1.54) is 12.5 Å². The Labute approximate surface area is 183 Å². The van der Waals surface area contributed by atoms with Crippen LogP contribution in [0.3, 0.4) is 0 Å². The summed E-state index contributed by atoms with van der Waals surface area (Å²) in [6, 6.07) is 25.8. The first kappa shape index (κ1) is 20.9. The van der Waals surface area contributed by atoms with Crippen molar-refractivity contribution >= 4 is 17.6 Å². The molecule has 1 amide bonds. The predicted molar refractivity (Wildman–Crippen MR) is 122 cm³/mol. The van der Waals surface area contributed by atoms with Crippen LogP contribution in [0.15, 0.2) is 78.9 Å². The first-order chi connectivity index (χ1) is 15.0. The molecule has 0 aliphatic carbocycles. The maximum Gasteiger partial charge on any atom is 0.303 e. The van der Waals surface area contributed by atoms with Crippen molar-refractivity contribution in [2.75, 3.05) is 4.90 Å². The number of fused-ring (bicyclic) bond motifs is 1. The van der Waals surface area contributed by atoms with Gasteiger partial charge in [-0.15, -0.1) is 0 Å². The summed E-state index contributed by atoms with van der Waals surface area (Å²) in [5.41, 5.74) is 5.09. The van der Waals surface area contributed by atoms with Crippen molar-refractivity contribution in [3.8, 4) is 0 Å². The van der Waals surface area contributed by atoms with E-state index in [0.717, 1.165) is 23.2 Å². The molecular weight excluding hydrogens is 386 g/mol. The molecule has 0 N–H and O–H groups in total. The average molecular weight is 414 g/mol. The normalized spacial score (nSPS) is 18.7. The standard InChI is InChI=1S/C27H27NO3/c1-18-14-15-25-24(16-18)23(21-10-6-4-7-11-21)17-19(2)28(25)27(30)26(31-20(3)29)22-12-8-5-9-13-22/h4-16,19,23,26H,17H2,1-3H3/t19-,23-,26-/m1/s1. The summed E-state index contributed by atoms with van der Waals surface area (Å²) in [5, 5.41) is 0. The number of ether oxygens (including phenoxy) is 1. The molecule has 31 heavy (non-hydrogen) atoms. The number of hydrogen-bond acceptors (Lipinski definition) is 3. The van der Waals surface area contributed by atoms with Gasteiger partial charge in [-0.3, -0.25) is 9.59 Å². The number of carbonyl (C=O) groups excluding carboxylic acids is 2. The Morgan fingerprint density at radius 1 is 0.968 bits per heavy atom. The Hall–Kier alpha value is -3.40. The second-order valence-electron chi connectivity index (χ2n) is 8.22. The van der Waals surface area contributed by atoms with Gasteiger partial charge in [-0.25, -0.2) is 0 Å². The number of carbonyl (C=O) groups is 2. The Morgan fingerprint density at radius 2 is 1.61 bits per heavy atom. The maximum absolute atomic E-state index is 13.8. The fourth-order valence-electron chi connectivity index (χ4n) is 4.50. The van der Waals surface area contributed by atoms with Gasteiger partial charge in [-0.05, 0) is 37.5 Å². The van der Waals surface area contributed by atoms with Crippen LogP contribution in [0.5, 0.6) is 0 Å². The van der Waals surface area contributed by atoms with Crippen molar-refractivity contribution in [1.82, 2.24) is 0 Å².